The maximum Gasteiger partial charge on any atom is 0.251 e. The fourth-order valence-corrected chi connectivity index (χ4v) is 1.97. The van der Waals surface area contributed by atoms with Crippen LogP contribution in [0.15, 0.2) is 18.2 Å². The molecule has 0 aliphatic carbocycles. The van der Waals surface area contributed by atoms with Crippen LogP contribution in [-0.2, 0) is 18.9 Å². The molecule has 0 aliphatic rings. The molecule has 0 saturated carbocycles. The molecule has 8 nitrogen and oxygen atoms in total. The second kappa shape index (κ2) is 18.5. The van der Waals surface area contributed by atoms with Crippen molar-refractivity contribution in [3.8, 4) is 11.5 Å². The second-order valence-electron chi connectivity index (χ2n) is 5.29. The summed E-state index contributed by atoms with van der Waals surface area (Å²) >= 11 is 0. The topological polar surface area (TPSA) is 95.5 Å². The standard InChI is InChI=1S/C18H29NO7.C2H6/c1-19-18(21)15-4-5-16(20)17(14-15)26-13-12-25-11-10-24-9-8-23-7-3-6-22-2;1-2/h4-5,14,20H,3,6-13H2,1-2H3,(H,19,21);1-2H3. The van der Waals surface area contributed by atoms with E-state index >= 15 is 0 Å². The predicted molar refractivity (Wildman–Crippen MR) is 107 cm³/mol. The number of aromatic hydroxyl groups is 1. The van der Waals surface area contributed by atoms with E-state index in [0.29, 0.717) is 51.8 Å². The number of carbonyl (C=O) groups excluding carboxylic acids is 1. The minimum absolute atomic E-state index is 0.0218. The maximum absolute atomic E-state index is 11.6. The smallest absolute Gasteiger partial charge is 0.251 e. The zero-order chi connectivity index (χ0) is 21.0. The van der Waals surface area contributed by atoms with Crippen LogP contribution in [0.3, 0.4) is 0 Å². The van der Waals surface area contributed by atoms with Crippen LogP contribution in [-0.4, -0.2) is 78.0 Å². The van der Waals surface area contributed by atoms with Gasteiger partial charge in [0.1, 0.15) is 6.61 Å². The van der Waals surface area contributed by atoms with Crippen molar-refractivity contribution in [2.24, 2.45) is 0 Å². The molecule has 0 radical (unpaired) electrons. The lowest BCUT2D eigenvalue weighted by atomic mass is 10.2. The number of amides is 1. The molecule has 0 atom stereocenters. The highest BCUT2D eigenvalue weighted by Crippen LogP contribution is 2.26. The number of hydrogen-bond donors (Lipinski definition) is 2. The van der Waals surface area contributed by atoms with E-state index < -0.39 is 0 Å². The molecule has 0 bridgehead atoms. The van der Waals surface area contributed by atoms with Gasteiger partial charge in [-0.05, 0) is 24.6 Å². The molecule has 0 unspecified atom stereocenters. The van der Waals surface area contributed by atoms with Gasteiger partial charge >= 0.3 is 0 Å². The molecule has 0 aromatic heterocycles. The number of carbonyl (C=O) groups is 1. The fraction of sp³-hybridized carbons (Fsp3) is 0.650. The van der Waals surface area contributed by atoms with Gasteiger partial charge in [0.15, 0.2) is 11.5 Å². The lowest BCUT2D eigenvalue weighted by Crippen LogP contribution is -2.18. The summed E-state index contributed by atoms with van der Waals surface area (Å²) in [6.07, 6.45) is 0.876. The summed E-state index contributed by atoms with van der Waals surface area (Å²) in [4.78, 5) is 11.6. The summed E-state index contributed by atoms with van der Waals surface area (Å²) in [5.74, 6) is -0.0195. The number of benzene rings is 1. The molecule has 1 aromatic carbocycles. The Morgan fingerprint density at radius 2 is 1.50 bits per heavy atom. The third-order valence-electron chi connectivity index (χ3n) is 3.32. The Kier molecular flexibility index (Phi) is 17.3. The molecular weight excluding hydrogens is 366 g/mol. The summed E-state index contributed by atoms with van der Waals surface area (Å²) in [5.41, 5.74) is 0.416. The Morgan fingerprint density at radius 1 is 0.929 bits per heavy atom. The van der Waals surface area contributed by atoms with E-state index in [9.17, 15) is 9.90 Å². The monoisotopic (exact) mass is 401 g/mol. The Labute approximate surface area is 168 Å². The molecule has 1 rings (SSSR count). The van der Waals surface area contributed by atoms with Gasteiger partial charge in [0, 0.05) is 32.9 Å². The Hall–Kier alpha value is -1.87. The van der Waals surface area contributed by atoms with Crippen LogP contribution in [0, 0.1) is 0 Å². The highest BCUT2D eigenvalue weighted by Gasteiger charge is 2.08. The van der Waals surface area contributed by atoms with Crippen LogP contribution in [0.2, 0.25) is 0 Å². The van der Waals surface area contributed by atoms with Gasteiger partial charge in [-0.3, -0.25) is 4.79 Å². The van der Waals surface area contributed by atoms with Crippen molar-refractivity contribution in [3.63, 3.8) is 0 Å². The van der Waals surface area contributed by atoms with Crippen molar-refractivity contribution in [3.05, 3.63) is 23.8 Å². The highest BCUT2D eigenvalue weighted by molar-refractivity contribution is 5.94. The van der Waals surface area contributed by atoms with Crippen molar-refractivity contribution >= 4 is 5.91 Å². The third-order valence-corrected chi connectivity index (χ3v) is 3.32. The van der Waals surface area contributed by atoms with Crippen LogP contribution in [0.4, 0.5) is 0 Å². The molecule has 28 heavy (non-hydrogen) atoms. The first-order valence-corrected chi connectivity index (χ1v) is 9.59. The minimum atomic E-state index is -0.245. The van der Waals surface area contributed by atoms with Gasteiger partial charge in [0.05, 0.1) is 33.0 Å². The molecule has 0 saturated heterocycles. The van der Waals surface area contributed by atoms with E-state index in [0.717, 1.165) is 6.42 Å². The van der Waals surface area contributed by atoms with E-state index in [4.69, 9.17) is 23.7 Å². The number of phenolic OH excluding ortho intramolecular Hbond substituents is 1. The lowest BCUT2D eigenvalue weighted by molar-refractivity contribution is 0.00658. The van der Waals surface area contributed by atoms with Crippen molar-refractivity contribution in [1.29, 1.82) is 0 Å². The van der Waals surface area contributed by atoms with E-state index in [2.05, 4.69) is 5.32 Å². The van der Waals surface area contributed by atoms with Gasteiger partial charge in [0.2, 0.25) is 0 Å². The Bertz CT molecular complexity index is 511. The van der Waals surface area contributed by atoms with Gasteiger partial charge in [-0.1, -0.05) is 13.8 Å². The lowest BCUT2D eigenvalue weighted by Gasteiger charge is -2.10. The normalized spacial score (nSPS) is 10.1. The fourth-order valence-electron chi connectivity index (χ4n) is 1.97. The van der Waals surface area contributed by atoms with Crippen molar-refractivity contribution in [2.45, 2.75) is 20.3 Å². The van der Waals surface area contributed by atoms with Gasteiger partial charge in [0.25, 0.3) is 5.91 Å². The van der Waals surface area contributed by atoms with Crippen LogP contribution in [0.25, 0.3) is 0 Å². The summed E-state index contributed by atoms with van der Waals surface area (Å²) in [6, 6.07) is 4.44. The second-order valence-corrected chi connectivity index (χ2v) is 5.29. The molecular formula is C20H35NO7. The zero-order valence-electron chi connectivity index (χ0n) is 17.5. The number of rotatable bonds is 15. The number of methoxy groups -OCH3 is 1. The molecule has 0 spiro atoms. The summed E-state index contributed by atoms with van der Waals surface area (Å²) in [5, 5.41) is 12.3. The van der Waals surface area contributed by atoms with Crippen molar-refractivity contribution in [1.82, 2.24) is 5.32 Å². The van der Waals surface area contributed by atoms with E-state index in [1.165, 1.54) is 18.2 Å². The first kappa shape index (κ1) is 26.1. The SMILES string of the molecule is CC.CNC(=O)c1ccc(O)c(OCCOCCOCCOCCCOC)c1. The highest BCUT2D eigenvalue weighted by atomic mass is 16.6. The molecule has 0 aliphatic heterocycles. The summed E-state index contributed by atoms with van der Waals surface area (Å²) in [6.45, 7) is 7.95. The maximum atomic E-state index is 11.6. The molecule has 0 heterocycles. The third kappa shape index (κ3) is 12.5. The van der Waals surface area contributed by atoms with Crippen LogP contribution >= 0.6 is 0 Å². The summed E-state index contributed by atoms with van der Waals surface area (Å²) in [7, 11) is 3.21. The number of hydrogen-bond acceptors (Lipinski definition) is 7. The first-order valence-electron chi connectivity index (χ1n) is 9.59. The van der Waals surface area contributed by atoms with Gasteiger partial charge in [-0.2, -0.15) is 0 Å². The quantitative estimate of drug-likeness (QED) is 0.435. The predicted octanol–water partition coefficient (Wildman–Crippen LogP) is 2.24. The average Bonchev–Trinajstić information content (AvgIpc) is 2.73. The molecule has 162 valence electrons. The number of nitrogens with one attached hydrogen (secondary N) is 1. The summed E-state index contributed by atoms with van der Waals surface area (Å²) < 4.78 is 26.5. The van der Waals surface area contributed by atoms with Crippen LogP contribution in [0.5, 0.6) is 11.5 Å². The number of ether oxygens (including phenoxy) is 5. The van der Waals surface area contributed by atoms with E-state index in [-0.39, 0.29) is 24.0 Å². The average molecular weight is 402 g/mol. The molecule has 8 heteroatoms. The van der Waals surface area contributed by atoms with Crippen LogP contribution < -0.4 is 10.1 Å². The largest absolute Gasteiger partial charge is 0.504 e. The van der Waals surface area contributed by atoms with E-state index in [1.807, 2.05) is 13.8 Å². The zero-order valence-corrected chi connectivity index (χ0v) is 17.5. The van der Waals surface area contributed by atoms with Crippen molar-refractivity contribution < 1.29 is 33.6 Å². The Morgan fingerprint density at radius 3 is 2.07 bits per heavy atom. The van der Waals surface area contributed by atoms with Gasteiger partial charge in [-0.25, -0.2) is 0 Å². The Balaban J connectivity index is 0.00000352. The molecule has 1 amide bonds. The first-order chi connectivity index (χ1) is 13.7. The van der Waals surface area contributed by atoms with Gasteiger partial charge in [-0.15, -0.1) is 0 Å². The molecule has 0 fully saturated rings. The van der Waals surface area contributed by atoms with Crippen LogP contribution in [0.1, 0.15) is 30.6 Å². The molecule has 1 aromatic rings. The minimum Gasteiger partial charge on any atom is -0.504 e. The van der Waals surface area contributed by atoms with Gasteiger partial charge < -0.3 is 34.1 Å². The van der Waals surface area contributed by atoms with E-state index in [1.54, 1.807) is 14.2 Å². The molecule has 2 N–H and O–H groups in total. The van der Waals surface area contributed by atoms with Crippen molar-refractivity contribution in [2.75, 3.05) is 67.0 Å². The number of phenols is 1.